The monoisotopic (exact) mass is 254 g/mol. The van der Waals surface area contributed by atoms with Gasteiger partial charge in [0, 0.05) is 24.5 Å². The summed E-state index contributed by atoms with van der Waals surface area (Å²) in [5.74, 6) is 0.554. The molecule has 0 aromatic rings. The van der Waals surface area contributed by atoms with Crippen LogP contribution in [0.4, 0.5) is 0 Å². The average molecular weight is 254 g/mol. The molecule has 0 aromatic heterocycles. The van der Waals surface area contributed by atoms with Crippen LogP contribution in [0.3, 0.4) is 0 Å². The Morgan fingerprint density at radius 2 is 1.78 bits per heavy atom. The van der Waals surface area contributed by atoms with E-state index in [-0.39, 0.29) is 11.2 Å². The number of hydrogen-bond donors (Lipinski definition) is 1. The summed E-state index contributed by atoms with van der Waals surface area (Å²) in [7, 11) is 2.07. The second kappa shape index (κ2) is 4.77. The van der Waals surface area contributed by atoms with Crippen molar-refractivity contribution in [2.45, 2.75) is 70.7 Å². The van der Waals surface area contributed by atoms with Crippen LogP contribution in [0.2, 0.25) is 0 Å². The molecule has 0 spiro atoms. The Morgan fingerprint density at radius 1 is 1.17 bits per heavy atom. The van der Waals surface area contributed by atoms with E-state index in [0.717, 1.165) is 19.1 Å². The molecular weight excluding hydrogens is 224 g/mol. The van der Waals surface area contributed by atoms with Gasteiger partial charge in [0.25, 0.3) is 0 Å². The highest BCUT2D eigenvalue weighted by molar-refractivity contribution is 5.06. The third-order valence-corrected chi connectivity index (χ3v) is 4.78. The van der Waals surface area contributed by atoms with Crippen molar-refractivity contribution in [1.29, 1.82) is 0 Å². The van der Waals surface area contributed by atoms with Crippen LogP contribution in [0.25, 0.3) is 0 Å². The summed E-state index contributed by atoms with van der Waals surface area (Å²) in [5.41, 5.74) is -0.120. The van der Waals surface area contributed by atoms with E-state index in [0.29, 0.717) is 12.0 Å². The summed E-state index contributed by atoms with van der Waals surface area (Å²) in [6.07, 6.45) is 2.77. The maximum absolute atomic E-state index is 6.31. The van der Waals surface area contributed by atoms with Crippen molar-refractivity contribution in [2.24, 2.45) is 5.92 Å². The minimum atomic E-state index is -0.0775. The van der Waals surface area contributed by atoms with E-state index in [4.69, 9.17) is 4.74 Å². The standard InChI is InChI=1S/C15H30N2O/c1-7-17(11-8-9-11)10-12-13(16-6)15(4,5)18-14(12,2)3/h11-13,16H,7-10H2,1-6H3. The maximum atomic E-state index is 6.31. The Hall–Kier alpha value is -0.120. The fraction of sp³-hybridized carbons (Fsp3) is 1.00. The lowest BCUT2D eigenvalue weighted by Gasteiger charge is -2.34. The molecule has 2 aliphatic rings. The first kappa shape index (κ1) is 14.3. The van der Waals surface area contributed by atoms with Crippen molar-refractivity contribution in [2.75, 3.05) is 20.1 Å². The normalized spacial score (nSPS) is 34.2. The van der Waals surface area contributed by atoms with E-state index >= 15 is 0 Å². The largest absolute Gasteiger partial charge is 0.368 e. The molecule has 1 aliphatic carbocycles. The van der Waals surface area contributed by atoms with Crippen LogP contribution >= 0.6 is 0 Å². The topological polar surface area (TPSA) is 24.5 Å². The van der Waals surface area contributed by atoms with Crippen LogP contribution in [0, 0.1) is 5.92 Å². The van der Waals surface area contributed by atoms with Crippen molar-refractivity contribution in [3.05, 3.63) is 0 Å². The minimum Gasteiger partial charge on any atom is -0.368 e. The van der Waals surface area contributed by atoms with Crippen LogP contribution in [0.15, 0.2) is 0 Å². The number of nitrogens with zero attached hydrogens (tertiary/aromatic N) is 1. The second-order valence-corrected chi connectivity index (χ2v) is 7.00. The first-order valence-electron chi connectivity index (χ1n) is 7.43. The molecular formula is C15H30N2O. The summed E-state index contributed by atoms with van der Waals surface area (Å²) in [5, 5.41) is 3.50. The Morgan fingerprint density at radius 3 is 2.22 bits per heavy atom. The van der Waals surface area contributed by atoms with Crippen molar-refractivity contribution in [1.82, 2.24) is 10.2 Å². The minimum absolute atomic E-state index is 0.0422. The predicted octanol–water partition coefficient (Wildman–Crippen LogP) is 2.26. The van der Waals surface area contributed by atoms with E-state index in [2.05, 4.69) is 51.9 Å². The zero-order chi connectivity index (χ0) is 13.6. The van der Waals surface area contributed by atoms with Gasteiger partial charge in [-0.3, -0.25) is 0 Å². The summed E-state index contributed by atoms with van der Waals surface area (Å²) in [6, 6.07) is 1.27. The first-order valence-corrected chi connectivity index (χ1v) is 7.43. The van der Waals surface area contributed by atoms with Gasteiger partial charge < -0.3 is 15.0 Å². The van der Waals surface area contributed by atoms with E-state index < -0.39 is 0 Å². The highest BCUT2D eigenvalue weighted by atomic mass is 16.5. The fourth-order valence-electron chi connectivity index (χ4n) is 3.81. The maximum Gasteiger partial charge on any atom is 0.0790 e. The molecule has 1 heterocycles. The van der Waals surface area contributed by atoms with Gasteiger partial charge in [-0.15, -0.1) is 0 Å². The quantitative estimate of drug-likeness (QED) is 0.814. The SMILES string of the molecule is CCN(CC1C(NC)C(C)(C)OC1(C)C)C1CC1. The van der Waals surface area contributed by atoms with Gasteiger partial charge >= 0.3 is 0 Å². The zero-order valence-corrected chi connectivity index (χ0v) is 12.9. The van der Waals surface area contributed by atoms with E-state index in [1.807, 2.05) is 0 Å². The van der Waals surface area contributed by atoms with Crippen molar-refractivity contribution < 1.29 is 4.74 Å². The van der Waals surface area contributed by atoms with Crippen LogP contribution in [-0.2, 0) is 4.74 Å². The Balaban J connectivity index is 2.12. The Labute approximate surface area is 112 Å². The molecule has 1 saturated carbocycles. The van der Waals surface area contributed by atoms with Gasteiger partial charge in [0.2, 0.25) is 0 Å². The van der Waals surface area contributed by atoms with Gasteiger partial charge in [-0.25, -0.2) is 0 Å². The zero-order valence-electron chi connectivity index (χ0n) is 12.9. The molecule has 0 radical (unpaired) electrons. The molecule has 3 nitrogen and oxygen atoms in total. The molecule has 1 saturated heterocycles. The third-order valence-electron chi connectivity index (χ3n) is 4.78. The fourth-order valence-corrected chi connectivity index (χ4v) is 3.81. The summed E-state index contributed by atoms with van der Waals surface area (Å²) in [4.78, 5) is 2.64. The second-order valence-electron chi connectivity index (χ2n) is 7.00. The van der Waals surface area contributed by atoms with E-state index in [9.17, 15) is 0 Å². The van der Waals surface area contributed by atoms with Gasteiger partial charge in [0.1, 0.15) is 0 Å². The van der Waals surface area contributed by atoms with Gasteiger partial charge in [0.05, 0.1) is 11.2 Å². The van der Waals surface area contributed by atoms with Gasteiger partial charge in [-0.2, -0.15) is 0 Å². The number of ether oxygens (including phenoxy) is 1. The Kier molecular flexibility index (Phi) is 3.79. The molecule has 1 aliphatic heterocycles. The lowest BCUT2D eigenvalue weighted by molar-refractivity contribution is -0.0794. The van der Waals surface area contributed by atoms with Crippen molar-refractivity contribution >= 4 is 0 Å². The summed E-state index contributed by atoms with van der Waals surface area (Å²) in [6.45, 7) is 13.5. The highest BCUT2D eigenvalue weighted by Crippen LogP contribution is 2.43. The molecule has 2 atom stereocenters. The summed E-state index contributed by atoms with van der Waals surface area (Å²) < 4.78 is 6.31. The molecule has 0 bridgehead atoms. The molecule has 2 unspecified atom stereocenters. The van der Waals surface area contributed by atoms with Gasteiger partial charge in [-0.1, -0.05) is 6.92 Å². The lowest BCUT2D eigenvalue weighted by atomic mass is 9.82. The van der Waals surface area contributed by atoms with Crippen LogP contribution in [-0.4, -0.2) is 48.3 Å². The van der Waals surface area contributed by atoms with E-state index in [1.54, 1.807) is 0 Å². The first-order chi connectivity index (χ1) is 8.31. The third kappa shape index (κ3) is 2.59. The van der Waals surface area contributed by atoms with Gasteiger partial charge in [0.15, 0.2) is 0 Å². The molecule has 3 heteroatoms. The predicted molar refractivity (Wildman–Crippen MR) is 75.8 cm³/mol. The van der Waals surface area contributed by atoms with Crippen LogP contribution in [0.1, 0.15) is 47.5 Å². The number of hydrogen-bond acceptors (Lipinski definition) is 3. The smallest absolute Gasteiger partial charge is 0.0790 e. The molecule has 2 fully saturated rings. The molecule has 1 N–H and O–H groups in total. The Bertz CT molecular complexity index is 297. The number of likely N-dealkylation sites (N-methyl/N-ethyl adjacent to an activating group) is 1. The number of nitrogens with one attached hydrogen (secondary N) is 1. The van der Waals surface area contributed by atoms with E-state index in [1.165, 1.54) is 12.8 Å². The molecule has 2 rings (SSSR count). The summed E-state index contributed by atoms with van der Waals surface area (Å²) >= 11 is 0. The average Bonchev–Trinajstić information content (AvgIpc) is 3.02. The van der Waals surface area contributed by atoms with Crippen LogP contribution in [0.5, 0.6) is 0 Å². The number of rotatable bonds is 5. The molecule has 18 heavy (non-hydrogen) atoms. The highest BCUT2D eigenvalue weighted by Gasteiger charge is 2.53. The molecule has 106 valence electrons. The van der Waals surface area contributed by atoms with Crippen molar-refractivity contribution in [3.63, 3.8) is 0 Å². The molecule has 0 aromatic carbocycles. The van der Waals surface area contributed by atoms with Crippen LogP contribution < -0.4 is 5.32 Å². The van der Waals surface area contributed by atoms with Crippen molar-refractivity contribution in [3.8, 4) is 0 Å². The lowest BCUT2D eigenvalue weighted by Crippen LogP contribution is -2.50. The molecule has 0 amide bonds. The van der Waals surface area contributed by atoms with Gasteiger partial charge in [-0.05, 0) is 54.1 Å².